The molecular formula is C41H77NO5. The molecule has 1 saturated heterocycles. The quantitative estimate of drug-likeness (QED) is 0.0547. The number of amides is 1. The molecule has 0 bridgehead atoms. The molecule has 0 radical (unpaired) electrons. The smallest absolute Gasteiger partial charge is 0.326 e. The lowest BCUT2D eigenvalue weighted by Gasteiger charge is -2.21. The summed E-state index contributed by atoms with van der Waals surface area (Å²) in [5.41, 5.74) is 0. The second-order valence-electron chi connectivity index (χ2n) is 14.6. The number of hydrogen-bond donors (Lipinski definition) is 1. The number of likely N-dealkylation sites (tertiary alicyclic amines) is 1. The van der Waals surface area contributed by atoms with E-state index >= 15 is 0 Å². The van der Waals surface area contributed by atoms with E-state index in [1.54, 1.807) is 0 Å². The van der Waals surface area contributed by atoms with Gasteiger partial charge in [0, 0.05) is 19.3 Å². The molecule has 0 aromatic heterocycles. The lowest BCUT2D eigenvalue weighted by atomic mass is 10.0. The summed E-state index contributed by atoms with van der Waals surface area (Å²) in [6.07, 6.45) is 38.7. The summed E-state index contributed by atoms with van der Waals surface area (Å²) < 4.78 is 5.63. The van der Waals surface area contributed by atoms with Crippen molar-refractivity contribution in [3.63, 3.8) is 0 Å². The largest absolute Gasteiger partial charge is 0.480 e. The van der Waals surface area contributed by atoms with E-state index in [1.165, 1.54) is 159 Å². The zero-order valence-electron chi connectivity index (χ0n) is 31.2. The molecule has 2 atom stereocenters. The Balaban J connectivity index is 2.03. The number of aliphatic carboxylic acids is 1. The minimum atomic E-state index is -1.00. The van der Waals surface area contributed by atoms with Gasteiger partial charge in [0.1, 0.15) is 12.1 Å². The van der Waals surface area contributed by atoms with E-state index in [2.05, 4.69) is 13.8 Å². The van der Waals surface area contributed by atoms with E-state index in [9.17, 15) is 19.5 Å². The molecule has 1 N–H and O–H groups in total. The van der Waals surface area contributed by atoms with Crippen molar-refractivity contribution in [1.29, 1.82) is 0 Å². The van der Waals surface area contributed by atoms with Gasteiger partial charge in [0.2, 0.25) is 5.91 Å². The van der Waals surface area contributed by atoms with Crippen molar-refractivity contribution in [3.8, 4) is 0 Å². The Morgan fingerprint density at radius 1 is 0.511 bits per heavy atom. The first-order valence-corrected chi connectivity index (χ1v) is 20.7. The molecule has 276 valence electrons. The highest BCUT2D eigenvalue weighted by Gasteiger charge is 2.41. The maximum Gasteiger partial charge on any atom is 0.326 e. The summed E-state index contributed by atoms with van der Waals surface area (Å²) in [6, 6.07) is -0.887. The summed E-state index contributed by atoms with van der Waals surface area (Å²) in [4.78, 5) is 38.6. The minimum absolute atomic E-state index is 0.118. The number of nitrogens with zero attached hydrogens (tertiary/aromatic N) is 1. The van der Waals surface area contributed by atoms with Crippen molar-refractivity contribution in [2.45, 2.75) is 238 Å². The van der Waals surface area contributed by atoms with Crippen LogP contribution in [0.2, 0.25) is 0 Å². The highest BCUT2D eigenvalue weighted by Crippen LogP contribution is 2.24. The second-order valence-corrected chi connectivity index (χ2v) is 14.6. The van der Waals surface area contributed by atoms with Crippen LogP contribution in [0.5, 0.6) is 0 Å². The first-order valence-electron chi connectivity index (χ1n) is 20.7. The fraction of sp³-hybridized carbons (Fsp3) is 0.927. The van der Waals surface area contributed by atoms with Crippen LogP contribution in [0.1, 0.15) is 226 Å². The topological polar surface area (TPSA) is 83.9 Å². The Kier molecular flexibility index (Phi) is 29.3. The number of esters is 1. The van der Waals surface area contributed by atoms with Gasteiger partial charge >= 0.3 is 11.9 Å². The Labute approximate surface area is 290 Å². The first-order chi connectivity index (χ1) is 23.0. The average Bonchev–Trinajstić information content (AvgIpc) is 3.49. The monoisotopic (exact) mass is 664 g/mol. The van der Waals surface area contributed by atoms with E-state index in [0.29, 0.717) is 12.8 Å². The number of carbonyl (C=O) groups is 3. The SMILES string of the molecule is CCCCCCCCCCCCCCCCCC(=O)OC1CC(C(=O)O)N(C(=O)CCCCCCCCCCCCCCCCC)C1. The van der Waals surface area contributed by atoms with E-state index < -0.39 is 18.1 Å². The predicted molar refractivity (Wildman–Crippen MR) is 197 cm³/mol. The normalized spacial score (nSPS) is 16.2. The summed E-state index contributed by atoms with van der Waals surface area (Å²) in [5, 5.41) is 9.71. The number of rotatable bonds is 34. The molecule has 0 aromatic carbocycles. The molecule has 1 aliphatic rings. The molecular weight excluding hydrogens is 586 g/mol. The highest BCUT2D eigenvalue weighted by atomic mass is 16.5. The lowest BCUT2D eigenvalue weighted by Crippen LogP contribution is -2.40. The number of unbranched alkanes of at least 4 members (excludes halogenated alkanes) is 28. The molecule has 6 heteroatoms. The molecule has 2 unspecified atom stereocenters. The van der Waals surface area contributed by atoms with Crippen LogP contribution in [-0.2, 0) is 19.1 Å². The standard InChI is InChI=1S/C41H77NO5/c1-3-5-7-9-11-13-15-17-19-21-23-25-27-29-31-33-39(43)42-36-37(35-38(42)41(45)46)47-40(44)34-32-30-28-26-24-22-20-18-16-14-12-10-8-6-4-2/h37-38H,3-36H2,1-2H3,(H,45,46). The van der Waals surface area contributed by atoms with Gasteiger partial charge in [-0.25, -0.2) is 4.79 Å². The number of carboxylic acids is 1. The zero-order valence-corrected chi connectivity index (χ0v) is 31.2. The van der Waals surface area contributed by atoms with E-state index in [-0.39, 0.29) is 24.8 Å². The van der Waals surface area contributed by atoms with Crippen LogP contribution in [0.3, 0.4) is 0 Å². The minimum Gasteiger partial charge on any atom is -0.480 e. The lowest BCUT2D eigenvalue weighted by molar-refractivity contribution is -0.149. The molecule has 0 saturated carbocycles. The third kappa shape index (κ3) is 25.1. The van der Waals surface area contributed by atoms with Crippen LogP contribution < -0.4 is 0 Å². The molecule has 1 aliphatic heterocycles. The second kappa shape index (κ2) is 31.7. The maximum absolute atomic E-state index is 12.9. The number of carbonyl (C=O) groups excluding carboxylic acids is 2. The van der Waals surface area contributed by atoms with Gasteiger partial charge in [-0.15, -0.1) is 0 Å². The number of ether oxygens (including phenoxy) is 1. The average molecular weight is 664 g/mol. The van der Waals surface area contributed by atoms with Crippen LogP contribution in [0, 0.1) is 0 Å². The fourth-order valence-electron chi connectivity index (χ4n) is 7.07. The van der Waals surface area contributed by atoms with Crippen molar-refractivity contribution < 1.29 is 24.2 Å². The van der Waals surface area contributed by atoms with E-state index in [0.717, 1.165) is 38.5 Å². The van der Waals surface area contributed by atoms with Crippen molar-refractivity contribution in [1.82, 2.24) is 4.90 Å². The third-order valence-corrected chi connectivity index (χ3v) is 10.1. The predicted octanol–water partition coefficient (Wildman–Crippen LogP) is 12.1. The summed E-state index contributed by atoms with van der Waals surface area (Å²) in [6.45, 7) is 4.74. The molecule has 0 spiro atoms. The number of carboxylic acid groups (broad SMARTS) is 1. The fourth-order valence-corrected chi connectivity index (χ4v) is 7.07. The third-order valence-electron chi connectivity index (χ3n) is 10.1. The van der Waals surface area contributed by atoms with Crippen LogP contribution in [0.4, 0.5) is 0 Å². The first kappa shape index (κ1) is 43.4. The highest BCUT2D eigenvalue weighted by molar-refractivity contribution is 5.84. The Morgan fingerprint density at radius 2 is 0.830 bits per heavy atom. The molecule has 1 fully saturated rings. The van der Waals surface area contributed by atoms with Gasteiger partial charge in [-0.05, 0) is 12.8 Å². The van der Waals surface area contributed by atoms with Crippen molar-refractivity contribution in [2.24, 2.45) is 0 Å². The molecule has 0 aliphatic carbocycles. The summed E-state index contributed by atoms with van der Waals surface area (Å²) in [7, 11) is 0. The molecule has 1 amide bonds. The van der Waals surface area contributed by atoms with Crippen LogP contribution in [0.15, 0.2) is 0 Å². The number of hydrogen-bond acceptors (Lipinski definition) is 4. The van der Waals surface area contributed by atoms with Crippen molar-refractivity contribution in [2.75, 3.05) is 6.54 Å². The molecule has 0 aromatic rings. The van der Waals surface area contributed by atoms with Gasteiger partial charge in [0.15, 0.2) is 0 Å². The summed E-state index contributed by atoms with van der Waals surface area (Å²) >= 11 is 0. The van der Waals surface area contributed by atoms with E-state index in [4.69, 9.17) is 4.74 Å². The van der Waals surface area contributed by atoms with Crippen molar-refractivity contribution in [3.05, 3.63) is 0 Å². The van der Waals surface area contributed by atoms with Crippen LogP contribution >= 0.6 is 0 Å². The van der Waals surface area contributed by atoms with Gasteiger partial charge in [-0.2, -0.15) is 0 Å². The molecule has 1 rings (SSSR count). The zero-order chi connectivity index (χ0) is 34.2. The van der Waals surface area contributed by atoms with Gasteiger partial charge in [0.05, 0.1) is 6.54 Å². The van der Waals surface area contributed by atoms with Crippen LogP contribution in [0.25, 0.3) is 0 Å². The van der Waals surface area contributed by atoms with Gasteiger partial charge in [0.25, 0.3) is 0 Å². The Hall–Kier alpha value is -1.59. The van der Waals surface area contributed by atoms with Crippen LogP contribution in [-0.4, -0.2) is 46.5 Å². The molecule has 1 heterocycles. The van der Waals surface area contributed by atoms with Crippen molar-refractivity contribution >= 4 is 17.8 Å². The Bertz CT molecular complexity index is 756. The summed E-state index contributed by atoms with van der Waals surface area (Å²) in [5.74, 6) is -1.38. The molecule has 6 nitrogen and oxygen atoms in total. The molecule has 47 heavy (non-hydrogen) atoms. The van der Waals surface area contributed by atoms with Gasteiger partial charge in [-0.3, -0.25) is 9.59 Å². The van der Waals surface area contributed by atoms with Gasteiger partial charge in [-0.1, -0.05) is 194 Å². The maximum atomic E-state index is 12.9. The van der Waals surface area contributed by atoms with Gasteiger partial charge < -0.3 is 14.7 Å². The van der Waals surface area contributed by atoms with E-state index in [1.807, 2.05) is 0 Å². The Morgan fingerprint density at radius 3 is 1.17 bits per heavy atom.